The molecular formula is C30H41ClN4O6. The van der Waals surface area contributed by atoms with E-state index < -0.39 is 41.5 Å². The molecule has 0 fully saturated rings. The highest BCUT2D eigenvalue weighted by molar-refractivity contribution is 6.34. The van der Waals surface area contributed by atoms with Crippen LogP contribution >= 0.6 is 11.6 Å². The molecular weight excluding hydrogens is 548 g/mol. The van der Waals surface area contributed by atoms with Crippen molar-refractivity contribution in [3.8, 4) is 5.75 Å². The maximum Gasteiger partial charge on any atom is 0.408 e. The molecule has 0 heterocycles. The Balaban J connectivity index is 2.59. The van der Waals surface area contributed by atoms with Gasteiger partial charge in [-0.3, -0.25) is 14.4 Å². The molecule has 0 radical (unpaired) electrons. The third-order valence-electron chi connectivity index (χ3n) is 6.17. The van der Waals surface area contributed by atoms with Crippen molar-refractivity contribution in [3.05, 3.63) is 58.6 Å². The molecule has 0 aliphatic heterocycles. The van der Waals surface area contributed by atoms with Crippen LogP contribution in [0.1, 0.15) is 77.0 Å². The molecule has 4 amide bonds. The Morgan fingerprint density at radius 2 is 1.78 bits per heavy atom. The van der Waals surface area contributed by atoms with Crippen molar-refractivity contribution in [1.82, 2.24) is 10.2 Å². The number of primary amides is 1. The normalized spacial score (nSPS) is 12.6. The molecule has 0 aromatic heterocycles. The van der Waals surface area contributed by atoms with E-state index in [1.54, 1.807) is 58.0 Å². The van der Waals surface area contributed by atoms with Gasteiger partial charge in [-0.25, -0.2) is 4.79 Å². The lowest BCUT2D eigenvalue weighted by atomic mass is 10.00. The fourth-order valence-corrected chi connectivity index (χ4v) is 4.51. The highest BCUT2D eigenvalue weighted by Crippen LogP contribution is 2.31. The summed E-state index contributed by atoms with van der Waals surface area (Å²) >= 11 is 6.38. The second-order valence-electron chi connectivity index (χ2n) is 10.9. The number of rotatable bonds is 13. The first-order valence-electron chi connectivity index (χ1n) is 13.7. The minimum Gasteiger partial charge on any atom is -0.508 e. The highest BCUT2D eigenvalue weighted by atomic mass is 35.5. The van der Waals surface area contributed by atoms with Crippen molar-refractivity contribution < 1.29 is 29.0 Å². The first-order chi connectivity index (χ1) is 19.2. The van der Waals surface area contributed by atoms with Crippen LogP contribution in [-0.4, -0.2) is 52.0 Å². The van der Waals surface area contributed by atoms with E-state index in [0.717, 1.165) is 18.4 Å². The number of nitrogens with two attached hydrogens (primary N) is 1. The second-order valence-corrected chi connectivity index (χ2v) is 11.3. The molecule has 0 aliphatic carbocycles. The number of anilines is 1. The molecule has 2 rings (SSSR count). The van der Waals surface area contributed by atoms with Gasteiger partial charge in [-0.2, -0.15) is 0 Å². The molecule has 2 aromatic carbocycles. The van der Waals surface area contributed by atoms with Gasteiger partial charge >= 0.3 is 6.09 Å². The third kappa shape index (κ3) is 10.6. The molecule has 2 atom stereocenters. The van der Waals surface area contributed by atoms with Crippen LogP contribution in [0.25, 0.3) is 0 Å². The predicted molar refractivity (Wildman–Crippen MR) is 158 cm³/mol. The Bertz CT molecular complexity index is 1210. The summed E-state index contributed by atoms with van der Waals surface area (Å²) in [5, 5.41) is 16.0. The number of carbonyl (C=O) groups is 4. The van der Waals surface area contributed by atoms with E-state index in [0.29, 0.717) is 22.7 Å². The average Bonchev–Trinajstić information content (AvgIpc) is 2.86. The third-order valence-corrected chi connectivity index (χ3v) is 6.49. The van der Waals surface area contributed by atoms with Gasteiger partial charge < -0.3 is 31.1 Å². The summed E-state index contributed by atoms with van der Waals surface area (Å²) in [5.74, 6) is -1.91. The summed E-state index contributed by atoms with van der Waals surface area (Å²) < 4.78 is 5.35. The van der Waals surface area contributed by atoms with Crippen LogP contribution in [0.2, 0.25) is 5.02 Å². The maximum atomic E-state index is 14.2. The number of para-hydroxylation sites is 1. The van der Waals surface area contributed by atoms with E-state index in [1.165, 1.54) is 17.0 Å². The summed E-state index contributed by atoms with van der Waals surface area (Å²) in [5.41, 5.74) is 5.99. The fraction of sp³-hybridized carbons (Fsp3) is 0.467. The van der Waals surface area contributed by atoms with Crippen molar-refractivity contribution in [1.29, 1.82) is 0 Å². The van der Waals surface area contributed by atoms with Gasteiger partial charge in [0.1, 0.15) is 23.4 Å². The van der Waals surface area contributed by atoms with Crippen molar-refractivity contribution in [3.63, 3.8) is 0 Å². The number of aromatic hydroxyl groups is 1. The molecule has 10 nitrogen and oxygen atoms in total. The molecule has 0 bridgehead atoms. The molecule has 2 aromatic rings. The Morgan fingerprint density at radius 1 is 1.10 bits per heavy atom. The molecule has 5 N–H and O–H groups in total. The molecule has 2 unspecified atom stereocenters. The molecule has 41 heavy (non-hydrogen) atoms. The summed E-state index contributed by atoms with van der Waals surface area (Å²) in [6, 6.07) is 8.83. The molecule has 0 spiro atoms. The Hall–Kier alpha value is -3.79. The van der Waals surface area contributed by atoms with Gasteiger partial charge in [0.05, 0.1) is 10.7 Å². The van der Waals surface area contributed by atoms with Crippen LogP contribution in [0, 0.1) is 6.92 Å². The first-order valence-corrected chi connectivity index (χ1v) is 14.0. The summed E-state index contributed by atoms with van der Waals surface area (Å²) in [7, 11) is 0. The van der Waals surface area contributed by atoms with Gasteiger partial charge in [0, 0.05) is 13.0 Å². The number of hydrogen-bond donors (Lipinski definition) is 4. The second kappa shape index (κ2) is 15.3. The SMILES string of the molecule is CCCCCN(C(=O)C(CCC(N)=O)NC(=O)OC(C)(C)C)C(C(=O)Nc1c(C)cccc1Cl)c1cccc(O)c1. The quantitative estimate of drug-likeness (QED) is 0.236. The number of unbranched alkanes of at least 4 members (excludes halogenated alkanes) is 2. The monoisotopic (exact) mass is 588 g/mol. The average molecular weight is 589 g/mol. The number of ether oxygens (including phenoxy) is 1. The first kappa shape index (κ1) is 33.4. The number of phenols is 1. The number of nitrogens with one attached hydrogen (secondary N) is 2. The van der Waals surface area contributed by atoms with Gasteiger partial charge in [0.25, 0.3) is 5.91 Å². The number of benzene rings is 2. The van der Waals surface area contributed by atoms with E-state index in [-0.39, 0.29) is 25.1 Å². The van der Waals surface area contributed by atoms with Crippen molar-refractivity contribution >= 4 is 41.1 Å². The molecule has 0 saturated heterocycles. The lowest BCUT2D eigenvalue weighted by Crippen LogP contribution is -2.52. The number of hydrogen-bond acceptors (Lipinski definition) is 6. The minimum atomic E-state index is -1.21. The summed E-state index contributed by atoms with van der Waals surface area (Å²) in [6.07, 6.45) is 1.05. The van der Waals surface area contributed by atoms with Crippen LogP contribution in [0.15, 0.2) is 42.5 Å². The zero-order chi connectivity index (χ0) is 30.7. The largest absolute Gasteiger partial charge is 0.508 e. The number of nitrogens with zero attached hydrogens (tertiary/aromatic N) is 1. The zero-order valence-corrected chi connectivity index (χ0v) is 25.1. The summed E-state index contributed by atoms with van der Waals surface area (Å²) in [4.78, 5) is 53.8. The van der Waals surface area contributed by atoms with Crippen molar-refractivity contribution in [2.75, 3.05) is 11.9 Å². The lowest BCUT2D eigenvalue weighted by molar-refractivity contribution is -0.141. The predicted octanol–water partition coefficient (Wildman–Crippen LogP) is 5.21. The van der Waals surface area contributed by atoms with Crippen LogP contribution in [-0.2, 0) is 19.1 Å². The number of carbonyl (C=O) groups excluding carboxylic acids is 4. The Kier molecular flexibility index (Phi) is 12.5. The topological polar surface area (TPSA) is 151 Å². The van der Waals surface area contributed by atoms with Crippen LogP contribution < -0.4 is 16.4 Å². The van der Waals surface area contributed by atoms with E-state index in [1.807, 2.05) is 6.92 Å². The number of phenolic OH excluding ortho intramolecular Hbond substituents is 1. The van der Waals surface area contributed by atoms with Gasteiger partial charge in [0.15, 0.2) is 0 Å². The minimum absolute atomic E-state index is 0.0904. The van der Waals surface area contributed by atoms with E-state index in [2.05, 4.69) is 10.6 Å². The highest BCUT2D eigenvalue weighted by Gasteiger charge is 2.36. The molecule has 0 saturated carbocycles. The molecule has 224 valence electrons. The van der Waals surface area contributed by atoms with Crippen LogP contribution in [0.5, 0.6) is 5.75 Å². The van der Waals surface area contributed by atoms with Crippen LogP contribution in [0.4, 0.5) is 10.5 Å². The molecule has 11 heteroatoms. The van der Waals surface area contributed by atoms with Gasteiger partial charge in [0.2, 0.25) is 11.8 Å². The maximum absolute atomic E-state index is 14.2. The zero-order valence-electron chi connectivity index (χ0n) is 24.3. The van der Waals surface area contributed by atoms with E-state index in [9.17, 15) is 24.3 Å². The summed E-state index contributed by atoms with van der Waals surface area (Å²) in [6.45, 7) is 9.00. The molecule has 0 aliphatic rings. The smallest absolute Gasteiger partial charge is 0.408 e. The van der Waals surface area contributed by atoms with Crippen LogP contribution in [0.3, 0.4) is 0 Å². The standard InChI is InChI=1S/C30H41ClN4O6/c1-6-7-8-17-35(28(39)23(15-16-24(32)37)33-29(40)41-30(3,4)5)26(20-12-10-13-21(36)18-20)27(38)34-25-19(2)11-9-14-22(25)31/h9-14,18,23,26,36H,6-8,15-17H2,1-5H3,(H2,32,37)(H,33,40)(H,34,38). The number of halogens is 1. The number of aryl methyl sites for hydroxylation is 1. The Morgan fingerprint density at radius 3 is 2.37 bits per heavy atom. The van der Waals surface area contributed by atoms with Crippen molar-refractivity contribution in [2.24, 2.45) is 5.73 Å². The number of alkyl carbamates (subject to hydrolysis) is 1. The van der Waals surface area contributed by atoms with Gasteiger partial charge in [-0.1, -0.05) is 55.6 Å². The lowest BCUT2D eigenvalue weighted by Gasteiger charge is -2.34. The van der Waals surface area contributed by atoms with Gasteiger partial charge in [-0.05, 0) is 69.9 Å². The van der Waals surface area contributed by atoms with E-state index in [4.69, 9.17) is 22.1 Å². The van der Waals surface area contributed by atoms with Crippen molar-refractivity contribution in [2.45, 2.75) is 84.4 Å². The Labute approximate surface area is 246 Å². The number of amides is 4. The van der Waals surface area contributed by atoms with E-state index >= 15 is 0 Å². The van der Waals surface area contributed by atoms with Gasteiger partial charge in [-0.15, -0.1) is 0 Å². The fourth-order valence-electron chi connectivity index (χ4n) is 4.24.